The molecule has 6 aromatic carbocycles. The van der Waals surface area contributed by atoms with Gasteiger partial charge in [0.1, 0.15) is 0 Å². The number of anilines is 4. The maximum atomic E-state index is 13.2. The van der Waals surface area contributed by atoms with Crippen LogP contribution >= 0.6 is 0 Å². The third-order valence-electron chi connectivity index (χ3n) is 8.40. The van der Waals surface area contributed by atoms with Gasteiger partial charge in [0.2, 0.25) is 0 Å². The first-order chi connectivity index (χ1) is 21.9. The Hall–Kier alpha value is -6.14. The summed E-state index contributed by atoms with van der Waals surface area (Å²) >= 11 is 0. The predicted molar refractivity (Wildman–Crippen MR) is 181 cm³/mol. The van der Waals surface area contributed by atoms with E-state index < -0.39 is 5.41 Å². The maximum absolute atomic E-state index is 13.2. The van der Waals surface area contributed by atoms with Crippen molar-refractivity contribution in [2.45, 2.75) is 5.41 Å². The highest BCUT2D eigenvalue weighted by molar-refractivity contribution is 6.05. The van der Waals surface area contributed by atoms with E-state index in [2.05, 4.69) is 59.2 Å². The molecule has 6 N–H and O–H groups in total. The molecule has 6 aromatic rings. The van der Waals surface area contributed by atoms with Crippen LogP contribution in [0.15, 0.2) is 146 Å². The van der Waals surface area contributed by atoms with E-state index in [0.29, 0.717) is 33.9 Å². The molecule has 6 heteroatoms. The average Bonchev–Trinajstić information content (AvgIpc) is 3.36. The van der Waals surface area contributed by atoms with Gasteiger partial charge in [-0.05, 0) is 94.0 Å². The summed E-state index contributed by atoms with van der Waals surface area (Å²) in [6.45, 7) is 0. The van der Waals surface area contributed by atoms with Crippen molar-refractivity contribution >= 4 is 34.6 Å². The van der Waals surface area contributed by atoms with Crippen molar-refractivity contribution in [3.8, 4) is 11.1 Å². The minimum atomic E-state index is -0.668. The smallest absolute Gasteiger partial charge is 0.255 e. The van der Waals surface area contributed by atoms with Gasteiger partial charge in [0.15, 0.2) is 0 Å². The van der Waals surface area contributed by atoms with Gasteiger partial charge >= 0.3 is 0 Å². The maximum Gasteiger partial charge on any atom is 0.255 e. The Morgan fingerprint density at radius 1 is 0.467 bits per heavy atom. The molecule has 0 unspecified atom stereocenters. The first kappa shape index (κ1) is 27.7. The fraction of sp³-hybridized carbons (Fsp3) is 0.0256. The lowest BCUT2D eigenvalue weighted by Gasteiger charge is -2.34. The van der Waals surface area contributed by atoms with Gasteiger partial charge in [0, 0.05) is 33.9 Å². The van der Waals surface area contributed by atoms with E-state index in [4.69, 9.17) is 11.5 Å². The second-order valence-corrected chi connectivity index (χ2v) is 11.2. The molecule has 2 amide bonds. The van der Waals surface area contributed by atoms with Crippen LogP contribution in [0.25, 0.3) is 11.1 Å². The monoisotopic (exact) mass is 586 g/mol. The second-order valence-electron chi connectivity index (χ2n) is 11.2. The molecule has 1 aliphatic carbocycles. The SMILES string of the molecule is Nc1cccc(NC(=O)c2ccc(C3(c4ccc(C(=O)Nc5cccc(N)c5)cc4)c4ccccc4-c4ccccc43)cc2)c1. The number of benzene rings is 6. The molecular weight excluding hydrogens is 556 g/mol. The lowest BCUT2D eigenvalue weighted by atomic mass is 9.67. The van der Waals surface area contributed by atoms with Gasteiger partial charge in [0.05, 0.1) is 5.41 Å². The molecule has 45 heavy (non-hydrogen) atoms. The molecule has 0 aromatic heterocycles. The molecule has 218 valence electrons. The molecule has 0 fully saturated rings. The molecule has 6 nitrogen and oxygen atoms in total. The van der Waals surface area contributed by atoms with E-state index >= 15 is 0 Å². The van der Waals surface area contributed by atoms with Gasteiger partial charge in [0.25, 0.3) is 11.8 Å². The van der Waals surface area contributed by atoms with Crippen LogP contribution in [0, 0.1) is 0 Å². The molecule has 0 aliphatic heterocycles. The van der Waals surface area contributed by atoms with Gasteiger partial charge in [-0.3, -0.25) is 9.59 Å². The summed E-state index contributed by atoms with van der Waals surface area (Å²) in [5.41, 5.74) is 21.2. The zero-order chi connectivity index (χ0) is 31.0. The van der Waals surface area contributed by atoms with Crippen LogP contribution < -0.4 is 22.1 Å². The molecule has 0 bridgehead atoms. The number of carbonyl (C=O) groups excluding carboxylic acids is 2. The van der Waals surface area contributed by atoms with E-state index in [0.717, 1.165) is 33.4 Å². The number of carbonyl (C=O) groups is 2. The summed E-state index contributed by atoms with van der Waals surface area (Å²) < 4.78 is 0. The zero-order valence-electron chi connectivity index (χ0n) is 24.3. The number of nitrogens with one attached hydrogen (secondary N) is 2. The van der Waals surface area contributed by atoms with Crippen molar-refractivity contribution in [1.82, 2.24) is 0 Å². The van der Waals surface area contributed by atoms with Crippen LogP contribution in [-0.4, -0.2) is 11.8 Å². The number of amides is 2. The predicted octanol–water partition coefficient (Wildman–Crippen LogP) is 7.72. The second kappa shape index (κ2) is 11.2. The van der Waals surface area contributed by atoms with E-state index in [-0.39, 0.29) is 11.8 Å². The van der Waals surface area contributed by atoms with Crippen LogP contribution in [0.2, 0.25) is 0 Å². The number of rotatable bonds is 6. The third kappa shape index (κ3) is 4.88. The first-order valence-electron chi connectivity index (χ1n) is 14.7. The van der Waals surface area contributed by atoms with Gasteiger partial charge in [-0.2, -0.15) is 0 Å². The number of hydrogen-bond acceptors (Lipinski definition) is 4. The highest BCUT2D eigenvalue weighted by atomic mass is 16.2. The van der Waals surface area contributed by atoms with Crippen LogP contribution in [0.4, 0.5) is 22.7 Å². The van der Waals surface area contributed by atoms with Gasteiger partial charge in [-0.1, -0.05) is 84.9 Å². The van der Waals surface area contributed by atoms with E-state index in [9.17, 15) is 9.59 Å². The van der Waals surface area contributed by atoms with Gasteiger partial charge in [-0.25, -0.2) is 0 Å². The standard InChI is InChI=1S/C39H30N4O2/c40-29-7-5-9-31(23-29)42-37(44)25-15-19-27(20-16-25)39(35-13-3-1-11-33(35)34-12-2-4-14-36(34)39)28-21-17-26(18-22-28)38(45)43-32-10-6-8-30(41)24-32/h1-24H,40-41H2,(H,42,44)(H,43,45). The Bertz CT molecular complexity index is 1920. The van der Waals surface area contributed by atoms with Crippen molar-refractivity contribution in [2.75, 3.05) is 22.1 Å². The van der Waals surface area contributed by atoms with Crippen LogP contribution in [0.1, 0.15) is 43.0 Å². The summed E-state index contributed by atoms with van der Waals surface area (Å²) in [5.74, 6) is -0.437. The van der Waals surface area contributed by atoms with Crippen molar-refractivity contribution in [3.05, 3.63) is 179 Å². The summed E-state index contributed by atoms with van der Waals surface area (Å²) in [6, 6.07) is 46.6. The fourth-order valence-electron chi connectivity index (χ4n) is 6.41. The molecule has 0 saturated heterocycles. The molecule has 0 atom stereocenters. The van der Waals surface area contributed by atoms with Crippen LogP contribution in [0.5, 0.6) is 0 Å². The van der Waals surface area contributed by atoms with E-state index in [1.807, 2.05) is 60.7 Å². The van der Waals surface area contributed by atoms with E-state index in [1.165, 1.54) is 0 Å². The largest absolute Gasteiger partial charge is 0.399 e. The lowest BCUT2D eigenvalue weighted by Crippen LogP contribution is -2.29. The van der Waals surface area contributed by atoms with Crippen molar-refractivity contribution < 1.29 is 9.59 Å². The van der Waals surface area contributed by atoms with Crippen LogP contribution in [-0.2, 0) is 5.41 Å². The Balaban J connectivity index is 1.30. The molecular formula is C39H30N4O2. The lowest BCUT2D eigenvalue weighted by molar-refractivity contribution is 0.101. The van der Waals surface area contributed by atoms with Crippen LogP contribution in [0.3, 0.4) is 0 Å². The number of nitrogen functional groups attached to an aromatic ring is 2. The average molecular weight is 587 g/mol. The topological polar surface area (TPSA) is 110 Å². The molecule has 0 heterocycles. The molecule has 1 aliphatic rings. The third-order valence-corrected chi connectivity index (χ3v) is 8.40. The number of nitrogens with two attached hydrogens (primary N) is 2. The number of hydrogen-bond donors (Lipinski definition) is 4. The summed E-state index contributed by atoms with van der Waals surface area (Å²) in [4.78, 5) is 26.3. The summed E-state index contributed by atoms with van der Waals surface area (Å²) in [6.07, 6.45) is 0. The highest BCUT2D eigenvalue weighted by Gasteiger charge is 2.45. The van der Waals surface area contributed by atoms with E-state index in [1.54, 1.807) is 36.4 Å². The Morgan fingerprint density at radius 3 is 1.27 bits per heavy atom. The normalized spacial score (nSPS) is 12.5. The van der Waals surface area contributed by atoms with Crippen molar-refractivity contribution in [2.24, 2.45) is 0 Å². The van der Waals surface area contributed by atoms with Gasteiger partial charge in [-0.15, -0.1) is 0 Å². The number of fused-ring (bicyclic) bond motifs is 3. The Kier molecular flexibility index (Phi) is 6.87. The quantitative estimate of drug-likeness (QED) is 0.150. The minimum absolute atomic E-state index is 0.219. The first-order valence-corrected chi connectivity index (χ1v) is 14.7. The molecule has 0 spiro atoms. The molecule has 0 saturated carbocycles. The molecule has 0 radical (unpaired) electrons. The van der Waals surface area contributed by atoms with Crippen molar-refractivity contribution in [3.63, 3.8) is 0 Å². The van der Waals surface area contributed by atoms with Gasteiger partial charge < -0.3 is 22.1 Å². The minimum Gasteiger partial charge on any atom is -0.399 e. The molecule has 7 rings (SSSR count). The fourth-order valence-corrected chi connectivity index (χ4v) is 6.41. The summed E-state index contributed by atoms with van der Waals surface area (Å²) in [7, 11) is 0. The van der Waals surface area contributed by atoms with Crippen molar-refractivity contribution in [1.29, 1.82) is 0 Å². The Labute approximate surface area is 261 Å². The highest BCUT2D eigenvalue weighted by Crippen LogP contribution is 2.55. The zero-order valence-corrected chi connectivity index (χ0v) is 24.3. The Morgan fingerprint density at radius 2 is 0.867 bits per heavy atom. The summed E-state index contributed by atoms with van der Waals surface area (Å²) in [5, 5.41) is 5.87.